The van der Waals surface area contributed by atoms with E-state index in [2.05, 4.69) is 10.4 Å². The summed E-state index contributed by atoms with van der Waals surface area (Å²) in [5, 5.41) is 7.73. The van der Waals surface area contributed by atoms with Crippen LogP contribution < -0.4 is 11.1 Å². The molecule has 2 rings (SSSR count). The molecule has 0 atom stereocenters. The highest BCUT2D eigenvalue weighted by Gasteiger charge is 2.21. The highest BCUT2D eigenvalue weighted by Crippen LogP contribution is 2.35. The summed E-state index contributed by atoms with van der Waals surface area (Å²) in [6.45, 7) is 1.49. The van der Waals surface area contributed by atoms with Crippen LogP contribution in [-0.2, 0) is 7.05 Å². The normalized spacial score (nSPS) is 17.6. The third-order valence-corrected chi connectivity index (χ3v) is 3.44. The lowest BCUT2D eigenvalue weighted by molar-refractivity contribution is 0.425. The van der Waals surface area contributed by atoms with Crippen LogP contribution in [0, 0.1) is 0 Å². The largest absolute Gasteiger partial charge is 0.381 e. The van der Waals surface area contributed by atoms with Crippen molar-refractivity contribution in [1.82, 2.24) is 9.78 Å². The molecule has 0 spiro atoms. The molecule has 4 nitrogen and oxygen atoms in total. The van der Waals surface area contributed by atoms with Gasteiger partial charge in [-0.2, -0.15) is 5.10 Å². The van der Waals surface area contributed by atoms with Gasteiger partial charge in [0.25, 0.3) is 0 Å². The molecule has 1 heterocycles. The van der Waals surface area contributed by atoms with Crippen molar-refractivity contribution in [1.29, 1.82) is 0 Å². The zero-order valence-corrected chi connectivity index (χ0v) is 10.1. The van der Waals surface area contributed by atoms with E-state index in [1.807, 2.05) is 17.9 Å². The van der Waals surface area contributed by atoms with Crippen molar-refractivity contribution in [2.75, 3.05) is 18.4 Å². The van der Waals surface area contributed by atoms with Crippen molar-refractivity contribution in [3.63, 3.8) is 0 Å². The summed E-state index contributed by atoms with van der Waals surface area (Å²) in [6.07, 6.45) is 8.63. The number of aryl methyl sites for hydroxylation is 1. The topological polar surface area (TPSA) is 55.9 Å². The van der Waals surface area contributed by atoms with Crippen molar-refractivity contribution < 1.29 is 0 Å². The quantitative estimate of drug-likeness (QED) is 0.817. The van der Waals surface area contributed by atoms with E-state index in [0.717, 1.165) is 6.54 Å². The van der Waals surface area contributed by atoms with Gasteiger partial charge in [-0.15, -0.1) is 0 Å². The number of aromatic nitrogens is 2. The number of anilines is 1. The molecule has 1 saturated carbocycles. The van der Waals surface area contributed by atoms with Crippen LogP contribution in [0.15, 0.2) is 6.20 Å². The molecule has 16 heavy (non-hydrogen) atoms. The van der Waals surface area contributed by atoms with Crippen molar-refractivity contribution in [2.24, 2.45) is 12.8 Å². The average Bonchev–Trinajstić information content (AvgIpc) is 2.69. The third-order valence-electron chi connectivity index (χ3n) is 3.44. The first kappa shape index (κ1) is 11.5. The van der Waals surface area contributed by atoms with Gasteiger partial charge in [-0.3, -0.25) is 4.68 Å². The molecule has 0 aromatic carbocycles. The van der Waals surface area contributed by atoms with E-state index < -0.39 is 0 Å². The van der Waals surface area contributed by atoms with E-state index in [-0.39, 0.29) is 0 Å². The van der Waals surface area contributed by atoms with Crippen LogP contribution in [0.2, 0.25) is 0 Å². The van der Waals surface area contributed by atoms with Crippen LogP contribution in [0.3, 0.4) is 0 Å². The van der Waals surface area contributed by atoms with Gasteiger partial charge in [0.15, 0.2) is 0 Å². The second-order valence-electron chi connectivity index (χ2n) is 4.62. The number of hydrogen-bond donors (Lipinski definition) is 2. The predicted octanol–water partition coefficient (Wildman–Crippen LogP) is 1.84. The number of rotatable bonds is 4. The fraction of sp³-hybridized carbons (Fsp3) is 0.750. The van der Waals surface area contributed by atoms with E-state index in [9.17, 15) is 0 Å². The minimum atomic E-state index is 0.666. The Morgan fingerprint density at radius 2 is 2.19 bits per heavy atom. The van der Waals surface area contributed by atoms with E-state index in [1.54, 1.807) is 0 Å². The van der Waals surface area contributed by atoms with Gasteiger partial charge < -0.3 is 11.1 Å². The van der Waals surface area contributed by atoms with Gasteiger partial charge in [-0.1, -0.05) is 19.3 Å². The Balaban J connectivity index is 2.13. The lowest BCUT2D eigenvalue weighted by Gasteiger charge is -2.23. The van der Waals surface area contributed by atoms with Crippen LogP contribution in [-0.4, -0.2) is 22.9 Å². The molecule has 90 valence electrons. The maximum absolute atomic E-state index is 5.52. The van der Waals surface area contributed by atoms with Gasteiger partial charge >= 0.3 is 0 Å². The Morgan fingerprint density at radius 3 is 2.88 bits per heavy atom. The van der Waals surface area contributed by atoms with Gasteiger partial charge in [-0.05, 0) is 12.8 Å². The number of nitrogens with one attached hydrogen (secondary N) is 1. The van der Waals surface area contributed by atoms with Crippen LogP contribution in [0.5, 0.6) is 0 Å². The molecule has 0 radical (unpaired) electrons. The van der Waals surface area contributed by atoms with E-state index >= 15 is 0 Å². The average molecular weight is 222 g/mol. The standard InChI is InChI=1S/C12H22N4/c1-16-12(10-5-3-2-4-6-10)11(9-15-16)14-8-7-13/h9-10,14H,2-8,13H2,1H3. The van der Waals surface area contributed by atoms with Crippen molar-refractivity contribution >= 4 is 5.69 Å². The Labute approximate surface area is 97.2 Å². The third kappa shape index (κ3) is 2.38. The molecule has 0 unspecified atom stereocenters. The summed E-state index contributed by atoms with van der Waals surface area (Å²) >= 11 is 0. The predicted molar refractivity (Wildman–Crippen MR) is 66.6 cm³/mol. The highest BCUT2D eigenvalue weighted by molar-refractivity contribution is 5.48. The maximum atomic E-state index is 5.52. The molecule has 1 fully saturated rings. The Bertz CT molecular complexity index is 326. The Hall–Kier alpha value is -1.03. The van der Waals surface area contributed by atoms with Gasteiger partial charge in [0.05, 0.1) is 17.6 Å². The molecule has 0 amide bonds. The minimum absolute atomic E-state index is 0.666. The molecule has 4 heteroatoms. The lowest BCUT2D eigenvalue weighted by Crippen LogP contribution is -2.16. The number of hydrogen-bond acceptors (Lipinski definition) is 3. The van der Waals surface area contributed by atoms with Gasteiger partial charge in [0.1, 0.15) is 0 Å². The Morgan fingerprint density at radius 1 is 1.44 bits per heavy atom. The Kier molecular flexibility index (Phi) is 3.83. The summed E-state index contributed by atoms with van der Waals surface area (Å²) in [4.78, 5) is 0. The smallest absolute Gasteiger partial charge is 0.0762 e. The molecule has 1 aromatic heterocycles. The van der Waals surface area contributed by atoms with Crippen LogP contribution in [0.4, 0.5) is 5.69 Å². The molecule has 3 N–H and O–H groups in total. The minimum Gasteiger partial charge on any atom is -0.381 e. The number of nitrogens with zero attached hydrogens (tertiary/aromatic N) is 2. The van der Waals surface area contributed by atoms with Crippen LogP contribution in [0.1, 0.15) is 43.7 Å². The van der Waals surface area contributed by atoms with Crippen LogP contribution >= 0.6 is 0 Å². The second-order valence-corrected chi connectivity index (χ2v) is 4.62. The summed E-state index contributed by atoms with van der Waals surface area (Å²) in [6, 6.07) is 0. The van der Waals surface area contributed by atoms with E-state index in [0.29, 0.717) is 12.5 Å². The summed E-state index contributed by atoms with van der Waals surface area (Å²) in [5.74, 6) is 0.682. The summed E-state index contributed by atoms with van der Waals surface area (Å²) < 4.78 is 2.02. The zero-order chi connectivity index (χ0) is 11.4. The molecule has 0 bridgehead atoms. The molecule has 1 aromatic rings. The highest BCUT2D eigenvalue weighted by atomic mass is 15.3. The molecule has 0 saturated heterocycles. The monoisotopic (exact) mass is 222 g/mol. The van der Waals surface area contributed by atoms with Crippen molar-refractivity contribution in [2.45, 2.75) is 38.0 Å². The van der Waals surface area contributed by atoms with E-state index in [4.69, 9.17) is 5.73 Å². The molecular formula is C12H22N4. The maximum Gasteiger partial charge on any atom is 0.0762 e. The van der Waals surface area contributed by atoms with Gasteiger partial charge in [0.2, 0.25) is 0 Å². The van der Waals surface area contributed by atoms with E-state index in [1.165, 1.54) is 43.5 Å². The summed E-state index contributed by atoms with van der Waals surface area (Å²) in [7, 11) is 2.04. The lowest BCUT2D eigenvalue weighted by atomic mass is 9.86. The molecule has 1 aliphatic carbocycles. The van der Waals surface area contributed by atoms with Gasteiger partial charge in [-0.25, -0.2) is 0 Å². The first-order chi connectivity index (χ1) is 7.83. The first-order valence-corrected chi connectivity index (χ1v) is 6.28. The second kappa shape index (κ2) is 5.34. The van der Waals surface area contributed by atoms with Crippen molar-refractivity contribution in [3.8, 4) is 0 Å². The molecule has 0 aliphatic heterocycles. The first-order valence-electron chi connectivity index (χ1n) is 6.28. The van der Waals surface area contributed by atoms with Gasteiger partial charge in [0, 0.05) is 26.1 Å². The zero-order valence-electron chi connectivity index (χ0n) is 10.1. The fourth-order valence-corrected chi connectivity index (χ4v) is 2.65. The number of nitrogens with two attached hydrogens (primary N) is 1. The SMILES string of the molecule is Cn1ncc(NCCN)c1C1CCCCC1. The fourth-order valence-electron chi connectivity index (χ4n) is 2.65. The van der Waals surface area contributed by atoms with Crippen molar-refractivity contribution in [3.05, 3.63) is 11.9 Å². The molecular weight excluding hydrogens is 200 g/mol. The van der Waals surface area contributed by atoms with Crippen LogP contribution in [0.25, 0.3) is 0 Å². The summed E-state index contributed by atoms with van der Waals surface area (Å²) in [5.41, 5.74) is 8.07. The molecule has 1 aliphatic rings.